The van der Waals surface area contributed by atoms with Crippen LogP contribution in [0.15, 0.2) is 35.1 Å². The molecule has 2 heterocycles. The van der Waals surface area contributed by atoms with Crippen LogP contribution >= 0.6 is 0 Å². The molecule has 0 aliphatic carbocycles. The van der Waals surface area contributed by atoms with Crippen molar-refractivity contribution in [1.29, 1.82) is 0 Å². The largest absolute Gasteiger partial charge is 0.361 e. The number of aromatic nitrogens is 2. The zero-order valence-electron chi connectivity index (χ0n) is 10.7. The standard InChI is InChI=1S/C13H18N4O/c1-10-6-12(16-18-10)9-17(2)13(7-14)11-4-3-5-15-8-11/h3-6,8,13H,7,9,14H2,1-2H3. The number of hydrogen-bond acceptors (Lipinski definition) is 5. The van der Waals surface area contributed by atoms with Gasteiger partial charge in [-0.25, -0.2) is 0 Å². The maximum Gasteiger partial charge on any atom is 0.133 e. The van der Waals surface area contributed by atoms with Crippen LogP contribution in [0.1, 0.15) is 23.1 Å². The molecule has 0 spiro atoms. The van der Waals surface area contributed by atoms with Crippen LogP contribution in [0.2, 0.25) is 0 Å². The third-order valence-electron chi connectivity index (χ3n) is 2.91. The minimum absolute atomic E-state index is 0.135. The normalized spacial score (nSPS) is 12.9. The molecule has 1 unspecified atom stereocenters. The average Bonchev–Trinajstić information content (AvgIpc) is 2.77. The van der Waals surface area contributed by atoms with Gasteiger partial charge < -0.3 is 10.3 Å². The van der Waals surface area contributed by atoms with Crippen LogP contribution < -0.4 is 5.73 Å². The van der Waals surface area contributed by atoms with Gasteiger partial charge in [0.15, 0.2) is 0 Å². The van der Waals surface area contributed by atoms with Crippen molar-refractivity contribution in [1.82, 2.24) is 15.0 Å². The Bertz CT molecular complexity index is 483. The average molecular weight is 246 g/mol. The van der Waals surface area contributed by atoms with Gasteiger partial charge in [0.1, 0.15) is 5.76 Å². The maximum absolute atomic E-state index is 5.85. The van der Waals surface area contributed by atoms with Crippen LogP contribution in [0.5, 0.6) is 0 Å². The van der Waals surface area contributed by atoms with E-state index in [1.165, 1.54) is 0 Å². The molecule has 0 saturated heterocycles. The highest BCUT2D eigenvalue weighted by molar-refractivity contribution is 5.15. The van der Waals surface area contributed by atoms with E-state index in [2.05, 4.69) is 15.0 Å². The predicted molar refractivity (Wildman–Crippen MR) is 68.7 cm³/mol. The van der Waals surface area contributed by atoms with Gasteiger partial charge in [0.2, 0.25) is 0 Å². The van der Waals surface area contributed by atoms with Crippen molar-refractivity contribution >= 4 is 0 Å². The van der Waals surface area contributed by atoms with E-state index in [-0.39, 0.29) is 6.04 Å². The van der Waals surface area contributed by atoms with E-state index in [0.717, 1.165) is 17.0 Å². The lowest BCUT2D eigenvalue weighted by Crippen LogP contribution is -2.30. The van der Waals surface area contributed by atoms with Gasteiger partial charge >= 0.3 is 0 Å². The summed E-state index contributed by atoms with van der Waals surface area (Å²) in [6.07, 6.45) is 3.61. The van der Waals surface area contributed by atoms with Crippen molar-refractivity contribution in [2.24, 2.45) is 5.73 Å². The Kier molecular flexibility index (Phi) is 4.07. The Balaban J connectivity index is 2.08. The smallest absolute Gasteiger partial charge is 0.133 e. The molecule has 2 N–H and O–H groups in total. The molecule has 0 aliphatic heterocycles. The number of likely N-dealkylation sites (N-methyl/N-ethyl adjacent to an activating group) is 1. The van der Waals surface area contributed by atoms with Gasteiger partial charge in [-0.3, -0.25) is 9.88 Å². The molecule has 18 heavy (non-hydrogen) atoms. The molecule has 2 aromatic heterocycles. The molecule has 96 valence electrons. The van der Waals surface area contributed by atoms with Crippen molar-refractivity contribution in [2.75, 3.05) is 13.6 Å². The van der Waals surface area contributed by atoms with Crippen molar-refractivity contribution < 1.29 is 4.52 Å². The van der Waals surface area contributed by atoms with E-state index in [9.17, 15) is 0 Å². The second-order valence-corrected chi connectivity index (χ2v) is 4.38. The minimum Gasteiger partial charge on any atom is -0.361 e. The molecule has 0 fully saturated rings. The zero-order chi connectivity index (χ0) is 13.0. The molecule has 5 heteroatoms. The summed E-state index contributed by atoms with van der Waals surface area (Å²) in [4.78, 5) is 6.28. The van der Waals surface area contributed by atoms with Gasteiger partial charge in [0, 0.05) is 37.6 Å². The fraction of sp³-hybridized carbons (Fsp3) is 0.385. The highest BCUT2D eigenvalue weighted by Gasteiger charge is 2.16. The van der Waals surface area contributed by atoms with E-state index in [4.69, 9.17) is 10.3 Å². The summed E-state index contributed by atoms with van der Waals surface area (Å²) in [6.45, 7) is 3.13. The van der Waals surface area contributed by atoms with Gasteiger partial charge in [-0.15, -0.1) is 0 Å². The maximum atomic E-state index is 5.85. The summed E-state index contributed by atoms with van der Waals surface area (Å²) >= 11 is 0. The first-order chi connectivity index (χ1) is 8.70. The quantitative estimate of drug-likeness (QED) is 0.866. The van der Waals surface area contributed by atoms with Crippen molar-refractivity contribution in [3.05, 3.63) is 47.6 Å². The van der Waals surface area contributed by atoms with Gasteiger partial charge in [-0.1, -0.05) is 11.2 Å². The lowest BCUT2D eigenvalue weighted by molar-refractivity contribution is 0.233. The number of pyridine rings is 1. The summed E-state index contributed by atoms with van der Waals surface area (Å²) < 4.78 is 5.06. The fourth-order valence-corrected chi connectivity index (χ4v) is 2.00. The zero-order valence-corrected chi connectivity index (χ0v) is 10.7. The molecule has 1 atom stereocenters. The molecule has 0 bridgehead atoms. The van der Waals surface area contributed by atoms with Crippen LogP contribution in [-0.2, 0) is 6.54 Å². The highest BCUT2D eigenvalue weighted by atomic mass is 16.5. The molecule has 5 nitrogen and oxygen atoms in total. The van der Waals surface area contributed by atoms with E-state index < -0.39 is 0 Å². The second-order valence-electron chi connectivity index (χ2n) is 4.38. The van der Waals surface area contributed by atoms with Gasteiger partial charge in [-0.05, 0) is 25.6 Å². The Labute approximate surface area is 107 Å². The number of aryl methyl sites for hydroxylation is 1. The summed E-state index contributed by atoms with van der Waals surface area (Å²) in [7, 11) is 2.02. The lowest BCUT2D eigenvalue weighted by atomic mass is 10.1. The molecule has 2 rings (SSSR count). The van der Waals surface area contributed by atoms with Crippen molar-refractivity contribution in [2.45, 2.75) is 19.5 Å². The van der Waals surface area contributed by atoms with Crippen molar-refractivity contribution in [3.63, 3.8) is 0 Å². The van der Waals surface area contributed by atoms with E-state index in [1.807, 2.05) is 38.4 Å². The summed E-state index contributed by atoms with van der Waals surface area (Å²) in [5.74, 6) is 0.823. The van der Waals surface area contributed by atoms with Gasteiger partial charge in [0.05, 0.1) is 5.69 Å². The third kappa shape index (κ3) is 2.94. The van der Waals surface area contributed by atoms with E-state index in [0.29, 0.717) is 13.1 Å². The molecular weight excluding hydrogens is 228 g/mol. The van der Waals surface area contributed by atoms with Crippen LogP contribution in [-0.4, -0.2) is 28.6 Å². The Morgan fingerprint density at radius 2 is 2.33 bits per heavy atom. The summed E-state index contributed by atoms with van der Waals surface area (Å²) in [5.41, 5.74) is 7.88. The molecule has 0 amide bonds. The van der Waals surface area contributed by atoms with Crippen LogP contribution in [0.3, 0.4) is 0 Å². The highest BCUT2D eigenvalue weighted by Crippen LogP contribution is 2.19. The topological polar surface area (TPSA) is 68.2 Å². The third-order valence-corrected chi connectivity index (χ3v) is 2.91. The van der Waals surface area contributed by atoms with Crippen LogP contribution in [0.4, 0.5) is 0 Å². The number of nitrogens with two attached hydrogens (primary N) is 1. The first-order valence-corrected chi connectivity index (χ1v) is 5.93. The SMILES string of the molecule is Cc1cc(CN(C)C(CN)c2cccnc2)no1. The summed E-state index contributed by atoms with van der Waals surface area (Å²) in [6, 6.07) is 6.03. The first-order valence-electron chi connectivity index (χ1n) is 5.93. The van der Waals surface area contributed by atoms with Gasteiger partial charge in [0.25, 0.3) is 0 Å². The summed E-state index contributed by atoms with van der Waals surface area (Å²) in [5, 5.41) is 3.99. The molecule has 0 aliphatic rings. The monoisotopic (exact) mass is 246 g/mol. The van der Waals surface area contributed by atoms with E-state index >= 15 is 0 Å². The number of nitrogens with zero attached hydrogens (tertiary/aromatic N) is 3. The predicted octanol–water partition coefficient (Wildman–Crippen LogP) is 1.51. The fourth-order valence-electron chi connectivity index (χ4n) is 2.00. The van der Waals surface area contributed by atoms with E-state index in [1.54, 1.807) is 6.20 Å². The molecule has 2 aromatic rings. The van der Waals surface area contributed by atoms with Gasteiger partial charge in [-0.2, -0.15) is 0 Å². The molecule has 0 radical (unpaired) electrons. The Hall–Kier alpha value is -1.72. The Morgan fingerprint density at radius 1 is 1.50 bits per heavy atom. The first kappa shape index (κ1) is 12.7. The number of hydrogen-bond donors (Lipinski definition) is 1. The van der Waals surface area contributed by atoms with Crippen LogP contribution in [0, 0.1) is 6.92 Å². The molecule has 0 saturated carbocycles. The van der Waals surface area contributed by atoms with Crippen molar-refractivity contribution in [3.8, 4) is 0 Å². The minimum atomic E-state index is 0.135. The number of rotatable bonds is 5. The molecule has 0 aromatic carbocycles. The second kappa shape index (κ2) is 5.75. The lowest BCUT2D eigenvalue weighted by Gasteiger charge is -2.26. The van der Waals surface area contributed by atoms with Crippen LogP contribution in [0.25, 0.3) is 0 Å². The molecular formula is C13H18N4O. The Morgan fingerprint density at radius 3 is 2.89 bits per heavy atom.